The van der Waals surface area contributed by atoms with E-state index in [2.05, 4.69) is 11.0 Å². The molecule has 1 saturated heterocycles. The van der Waals surface area contributed by atoms with Crippen LogP contribution in [0, 0.1) is 11.3 Å². The SMILES string of the molecule is N#Cc1ccccc1COc1ccc(C(=S)N2CCOCC2)cc1. The lowest BCUT2D eigenvalue weighted by molar-refractivity contribution is 0.0693. The molecule has 1 heterocycles. The molecule has 122 valence electrons. The Morgan fingerprint density at radius 3 is 2.54 bits per heavy atom. The van der Waals surface area contributed by atoms with E-state index in [1.807, 2.05) is 42.5 Å². The van der Waals surface area contributed by atoms with Gasteiger partial charge in [-0.3, -0.25) is 0 Å². The number of ether oxygens (including phenoxy) is 2. The summed E-state index contributed by atoms with van der Waals surface area (Å²) >= 11 is 5.55. The third kappa shape index (κ3) is 3.91. The van der Waals surface area contributed by atoms with Gasteiger partial charge < -0.3 is 14.4 Å². The maximum absolute atomic E-state index is 9.10. The van der Waals surface area contributed by atoms with Crippen LogP contribution in [0.25, 0.3) is 0 Å². The van der Waals surface area contributed by atoms with Crippen molar-refractivity contribution in [2.75, 3.05) is 26.3 Å². The van der Waals surface area contributed by atoms with Gasteiger partial charge in [0.15, 0.2) is 0 Å². The normalized spacial score (nSPS) is 14.0. The van der Waals surface area contributed by atoms with Crippen LogP contribution in [0.15, 0.2) is 48.5 Å². The smallest absolute Gasteiger partial charge is 0.119 e. The second-order valence-corrected chi connectivity index (χ2v) is 5.87. The lowest BCUT2D eigenvalue weighted by atomic mass is 10.1. The van der Waals surface area contributed by atoms with Gasteiger partial charge in [0, 0.05) is 24.2 Å². The van der Waals surface area contributed by atoms with Crippen molar-refractivity contribution in [2.45, 2.75) is 6.61 Å². The van der Waals surface area contributed by atoms with Crippen LogP contribution in [0.3, 0.4) is 0 Å². The fourth-order valence-corrected chi connectivity index (χ4v) is 2.88. The van der Waals surface area contributed by atoms with E-state index < -0.39 is 0 Å². The highest BCUT2D eigenvalue weighted by Crippen LogP contribution is 2.17. The van der Waals surface area contributed by atoms with Crippen LogP contribution in [0.5, 0.6) is 5.75 Å². The average Bonchev–Trinajstić information content (AvgIpc) is 2.67. The molecule has 0 spiro atoms. The third-order valence-corrected chi connectivity index (χ3v) is 4.43. The van der Waals surface area contributed by atoms with E-state index in [-0.39, 0.29) is 0 Å². The quantitative estimate of drug-likeness (QED) is 0.802. The minimum absolute atomic E-state index is 0.372. The van der Waals surface area contributed by atoms with Crippen LogP contribution in [-0.4, -0.2) is 36.2 Å². The average molecular weight is 338 g/mol. The molecule has 1 aliphatic rings. The van der Waals surface area contributed by atoms with E-state index in [1.54, 1.807) is 6.07 Å². The van der Waals surface area contributed by atoms with Crippen molar-refractivity contribution >= 4 is 17.2 Å². The molecule has 0 bridgehead atoms. The predicted molar refractivity (Wildman–Crippen MR) is 96.0 cm³/mol. The number of nitriles is 1. The molecule has 0 unspecified atom stereocenters. The molecule has 5 heteroatoms. The Labute approximate surface area is 147 Å². The van der Waals surface area contributed by atoms with Gasteiger partial charge in [-0.15, -0.1) is 0 Å². The fourth-order valence-electron chi connectivity index (χ4n) is 2.56. The summed E-state index contributed by atoms with van der Waals surface area (Å²) in [6.07, 6.45) is 0. The highest BCUT2D eigenvalue weighted by atomic mass is 32.1. The molecular formula is C19H18N2O2S. The zero-order valence-corrected chi connectivity index (χ0v) is 14.1. The Morgan fingerprint density at radius 1 is 1.12 bits per heavy atom. The van der Waals surface area contributed by atoms with Crippen molar-refractivity contribution in [3.63, 3.8) is 0 Å². The number of nitrogens with zero attached hydrogens (tertiary/aromatic N) is 2. The zero-order chi connectivity index (χ0) is 16.8. The fraction of sp³-hybridized carbons (Fsp3) is 0.263. The van der Waals surface area contributed by atoms with Crippen molar-refractivity contribution in [3.8, 4) is 11.8 Å². The van der Waals surface area contributed by atoms with E-state index in [0.717, 1.165) is 48.2 Å². The van der Waals surface area contributed by atoms with E-state index >= 15 is 0 Å². The number of benzene rings is 2. The number of morpholine rings is 1. The Bertz CT molecular complexity index is 747. The lowest BCUT2D eigenvalue weighted by Crippen LogP contribution is -2.40. The largest absolute Gasteiger partial charge is 0.489 e. The monoisotopic (exact) mass is 338 g/mol. The maximum Gasteiger partial charge on any atom is 0.119 e. The molecule has 0 radical (unpaired) electrons. The molecule has 1 fully saturated rings. The van der Waals surface area contributed by atoms with Crippen LogP contribution in [0.4, 0.5) is 0 Å². The first kappa shape index (κ1) is 16.4. The highest BCUT2D eigenvalue weighted by Gasteiger charge is 2.15. The van der Waals surface area contributed by atoms with Gasteiger partial charge in [-0.25, -0.2) is 0 Å². The summed E-state index contributed by atoms with van der Waals surface area (Å²) in [5, 5.41) is 9.10. The first-order chi connectivity index (χ1) is 11.8. The molecule has 0 aliphatic carbocycles. The van der Waals surface area contributed by atoms with Gasteiger partial charge in [-0.2, -0.15) is 5.26 Å². The Morgan fingerprint density at radius 2 is 1.83 bits per heavy atom. The number of thiocarbonyl (C=S) groups is 1. The Hall–Kier alpha value is -2.42. The van der Waals surface area contributed by atoms with E-state index in [0.29, 0.717) is 12.2 Å². The standard InChI is InChI=1S/C19H18N2O2S/c20-13-16-3-1-2-4-17(16)14-23-18-7-5-15(6-8-18)19(24)21-9-11-22-12-10-21/h1-8H,9-12,14H2. The molecule has 0 N–H and O–H groups in total. The van der Waals surface area contributed by atoms with Gasteiger partial charge in [0.2, 0.25) is 0 Å². The van der Waals surface area contributed by atoms with Gasteiger partial charge in [-0.1, -0.05) is 30.4 Å². The first-order valence-electron chi connectivity index (χ1n) is 7.86. The lowest BCUT2D eigenvalue weighted by Gasteiger charge is -2.29. The van der Waals surface area contributed by atoms with Crippen LogP contribution >= 0.6 is 12.2 Å². The van der Waals surface area contributed by atoms with E-state index in [9.17, 15) is 0 Å². The second-order valence-electron chi connectivity index (χ2n) is 5.49. The van der Waals surface area contributed by atoms with Crippen molar-refractivity contribution in [3.05, 3.63) is 65.2 Å². The third-order valence-electron chi connectivity index (χ3n) is 3.93. The van der Waals surface area contributed by atoms with Crippen molar-refractivity contribution in [1.82, 2.24) is 4.90 Å². The minimum atomic E-state index is 0.372. The summed E-state index contributed by atoms with van der Waals surface area (Å²) < 4.78 is 11.1. The second kappa shape index (κ2) is 7.91. The summed E-state index contributed by atoms with van der Waals surface area (Å²) in [4.78, 5) is 3.01. The van der Waals surface area contributed by atoms with Gasteiger partial charge in [0.05, 0.1) is 24.8 Å². The van der Waals surface area contributed by atoms with Gasteiger partial charge >= 0.3 is 0 Å². The topological polar surface area (TPSA) is 45.5 Å². The Kier molecular flexibility index (Phi) is 5.42. The van der Waals surface area contributed by atoms with Crippen molar-refractivity contribution < 1.29 is 9.47 Å². The molecule has 0 atom stereocenters. The van der Waals surface area contributed by atoms with Gasteiger partial charge in [0.1, 0.15) is 17.3 Å². The van der Waals surface area contributed by atoms with E-state index in [1.165, 1.54) is 0 Å². The molecule has 1 aliphatic heterocycles. The molecule has 2 aromatic carbocycles. The van der Waals surface area contributed by atoms with Crippen LogP contribution < -0.4 is 4.74 Å². The Balaban J connectivity index is 1.62. The first-order valence-corrected chi connectivity index (χ1v) is 8.26. The molecule has 0 saturated carbocycles. The van der Waals surface area contributed by atoms with Crippen molar-refractivity contribution in [1.29, 1.82) is 5.26 Å². The summed E-state index contributed by atoms with van der Waals surface area (Å²) in [7, 11) is 0. The van der Waals surface area contributed by atoms with E-state index in [4.69, 9.17) is 27.0 Å². The highest BCUT2D eigenvalue weighted by molar-refractivity contribution is 7.80. The number of hydrogen-bond acceptors (Lipinski definition) is 4. The molecule has 4 nitrogen and oxygen atoms in total. The van der Waals surface area contributed by atoms with Crippen LogP contribution in [0.1, 0.15) is 16.7 Å². The molecule has 0 amide bonds. The molecule has 2 aromatic rings. The maximum atomic E-state index is 9.10. The number of hydrogen-bond donors (Lipinski definition) is 0. The molecule has 0 aromatic heterocycles. The zero-order valence-electron chi connectivity index (χ0n) is 13.3. The summed E-state index contributed by atoms with van der Waals surface area (Å²) in [6.45, 7) is 3.49. The van der Waals surface area contributed by atoms with Crippen molar-refractivity contribution in [2.24, 2.45) is 0 Å². The summed E-state index contributed by atoms with van der Waals surface area (Å²) in [5.41, 5.74) is 2.53. The number of rotatable bonds is 4. The van der Waals surface area contributed by atoms with Gasteiger partial charge in [0.25, 0.3) is 0 Å². The predicted octanol–water partition coefficient (Wildman–Crippen LogP) is 3.14. The molecule has 3 rings (SSSR count). The summed E-state index contributed by atoms with van der Waals surface area (Å²) in [5.74, 6) is 0.760. The van der Waals surface area contributed by atoms with Gasteiger partial charge in [-0.05, 0) is 30.3 Å². The van der Waals surface area contributed by atoms with Crippen LogP contribution in [0.2, 0.25) is 0 Å². The molecular weight excluding hydrogens is 320 g/mol. The molecule has 24 heavy (non-hydrogen) atoms. The minimum Gasteiger partial charge on any atom is -0.489 e. The van der Waals surface area contributed by atoms with Crippen LogP contribution in [-0.2, 0) is 11.3 Å². The summed E-state index contributed by atoms with van der Waals surface area (Å²) in [6, 6.07) is 17.4.